The van der Waals surface area contributed by atoms with E-state index in [1.165, 1.54) is 13.8 Å². The molecular formula is C29H28Br6N4O4. The predicted octanol–water partition coefficient (Wildman–Crippen LogP) is 8.39. The lowest BCUT2D eigenvalue weighted by Gasteiger charge is -2.09. The minimum absolute atomic E-state index is 0.0274. The molecule has 0 aliphatic heterocycles. The number of aromatic amines is 1. The van der Waals surface area contributed by atoms with Gasteiger partial charge in [0.25, 0.3) is 0 Å². The van der Waals surface area contributed by atoms with Crippen molar-refractivity contribution in [3.05, 3.63) is 50.4 Å². The van der Waals surface area contributed by atoms with Gasteiger partial charge in [0.15, 0.2) is 0 Å². The summed E-state index contributed by atoms with van der Waals surface area (Å²) in [6, 6.07) is 3.97. The first-order chi connectivity index (χ1) is 20.4. The van der Waals surface area contributed by atoms with Crippen LogP contribution in [0, 0.1) is 12.3 Å². The zero-order valence-electron chi connectivity index (χ0n) is 23.6. The summed E-state index contributed by atoms with van der Waals surface area (Å²) in [7, 11) is 3.26. The molecular weight excluding hydrogens is 948 g/mol. The number of H-pyrrole nitrogens is 1. The molecule has 8 nitrogen and oxygen atoms in total. The molecule has 2 heterocycles. The summed E-state index contributed by atoms with van der Waals surface area (Å²) >= 11 is 21.4. The van der Waals surface area contributed by atoms with Gasteiger partial charge in [0.2, 0.25) is 11.8 Å². The highest BCUT2D eigenvalue weighted by Gasteiger charge is 2.22. The molecule has 0 saturated carbocycles. The fraction of sp³-hybridized carbons (Fsp3) is 0.310. The van der Waals surface area contributed by atoms with Crippen LogP contribution in [0.3, 0.4) is 0 Å². The molecule has 0 fully saturated rings. The van der Waals surface area contributed by atoms with Crippen LogP contribution in [0.5, 0.6) is 11.5 Å². The van der Waals surface area contributed by atoms with Gasteiger partial charge < -0.3 is 29.7 Å². The van der Waals surface area contributed by atoms with Crippen LogP contribution < -0.4 is 20.1 Å². The Bertz CT molecular complexity index is 1720. The number of carbonyl (C=O) groups excluding carboxylic acids is 2. The van der Waals surface area contributed by atoms with Crippen LogP contribution in [-0.2, 0) is 29.0 Å². The first-order valence-electron chi connectivity index (χ1n) is 12.7. The minimum atomic E-state index is -0.0483. The van der Waals surface area contributed by atoms with Crippen molar-refractivity contribution in [1.29, 1.82) is 0 Å². The Morgan fingerprint density at radius 2 is 1.37 bits per heavy atom. The largest absolute Gasteiger partial charge is 0.494 e. The molecule has 4 aromatic rings. The van der Waals surface area contributed by atoms with Crippen molar-refractivity contribution in [3.8, 4) is 23.8 Å². The second kappa shape index (κ2) is 16.2. The Morgan fingerprint density at radius 1 is 0.860 bits per heavy atom. The summed E-state index contributed by atoms with van der Waals surface area (Å²) in [5, 5.41) is 7.71. The van der Waals surface area contributed by atoms with E-state index in [2.05, 4.69) is 117 Å². The number of ether oxygens (including phenoxy) is 2. The van der Waals surface area contributed by atoms with E-state index in [0.717, 1.165) is 77.9 Å². The molecule has 14 heteroatoms. The Kier molecular flexibility index (Phi) is 13.5. The van der Waals surface area contributed by atoms with Gasteiger partial charge in [-0.3, -0.25) is 9.59 Å². The average Bonchev–Trinajstić information content (AvgIpc) is 3.38. The van der Waals surface area contributed by atoms with Gasteiger partial charge in [0, 0.05) is 43.2 Å². The van der Waals surface area contributed by atoms with Gasteiger partial charge in [-0.2, -0.15) is 0 Å². The molecule has 4 rings (SSSR count). The van der Waals surface area contributed by atoms with E-state index in [0.29, 0.717) is 26.1 Å². The SMILES string of the molecule is C#CCn1c(Br)c(CCNC(C)=O)c2c(Br)c(OC)c(Br)cc21.COc1c(Br)cc2[nH]c(Br)c(CCNC(C)=O)c2c1Br. The number of methoxy groups -OCH3 is 2. The Balaban J connectivity index is 0.000000238. The van der Waals surface area contributed by atoms with Gasteiger partial charge in [0.05, 0.1) is 53.4 Å². The molecule has 2 amide bonds. The number of nitrogens with one attached hydrogen (secondary N) is 3. The number of rotatable bonds is 9. The molecule has 0 atom stereocenters. The smallest absolute Gasteiger partial charge is 0.216 e. The zero-order chi connectivity index (χ0) is 32.0. The fourth-order valence-electron chi connectivity index (χ4n) is 4.57. The van der Waals surface area contributed by atoms with Crippen LogP contribution in [0.1, 0.15) is 25.0 Å². The van der Waals surface area contributed by atoms with Crippen molar-refractivity contribution in [1.82, 2.24) is 20.2 Å². The molecule has 0 aliphatic carbocycles. The van der Waals surface area contributed by atoms with E-state index >= 15 is 0 Å². The summed E-state index contributed by atoms with van der Waals surface area (Å²) in [5.74, 6) is 4.08. The summed E-state index contributed by atoms with van der Waals surface area (Å²) in [4.78, 5) is 25.4. The lowest BCUT2D eigenvalue weighted by molar-refractivity contribution is -0.119. The van der Waals surface area contributed by atoms with Crippen molar-refractivity contribution >= 4 is 129 Å². The second-order valence-electron chi connectivity index (χ2n) is 9.17. The van der Waals surface area contributed by atoms with E-state index in [9.17, 15) is 9.59 Å². The minimum Gasteiger partial charge on any atom is -0.494 e. The molecule has 43 heavy (non-hydrogen) atoms. The molecule has 0 saturated heterocycles. The summed E-state index contributed by atoms with van der Waals surface area (Å²) < 4.78 is 18.2. The molecule has 0 bridgehead atoms. The number of aromatic nitrogens is 2. The quantitative estimate of drug-likeness (QED) is 0.147. The number of hydrogen-bond acceptors (Lipinski definition) is 4. The van der Waals surface area contributed by atoms with Crippen LogP contribution in [0.25, 0.3) is 21.8 Å². The number of nitrogens with zero attached hydrogens (tertiary/aromatic N) is 1. The van der Waals surface area contributed by atoms with Gasteiger partial charge >= 0.3 is 0 Å². The monoisotopic (exact) mass is 970 g/mol. The topological polar surface area (TPSA) is 97.4 Å². The molecule has 3 N–H and O–H groups in total. The zero-order valence-corrected chi connectivity index (χ0v) is 33.1. The van der Waals surface area contributed by atoms with Crippen LogP contribution in [0.4, 0.5) is 0 Å². The number of carbonyl (C=O) groups is 2. The van der Waals surface area contributed by atoms with Crippen LogP contribution >= 0.6 is 95.6 Å². The first kappa shape index (κ1) is 36.0. The van der Waals surface area contributed by atoms with E-state index < -0.39 is 0 Å². The standard InChI is InChI=1S/C16H15Br3N2O2.C13H13Br3N2O2/c1-4-7-21-12-8-11(17)15(23-3)14(18)13(12)10(16(21)19)5-6-20-9(2)22;1-6(19)17-4-3-7-10-9(18-13(7)16)5-8(14)12(20-2)11(10)15/h1,8H,5-7H2,2-3H3,(H,20,22);5,18H,3-4H2,1-2H3,(H,17,19). The van der Waals surface area contributed by atoms with Crippen LogP contribution in [0.15, 0.2) is 39.2 Å². The van der Waals surface area contributed by atoms with Gasteiger partial charge in [-0.15, -0.1) is 6.42 Å². The van der Waals surface area contributed by atoms with Crippen LogP contribution in [0.2, 0.25) is 0 Å². The second-order valence-corrected chi connectivity index (χ2v) is 14.0. The average molecular weight is 976 g/mol. The van der Waals surface area contributed by atoms with Crippen molar-refractivity contribution in [2.75, 3.05) is 27.3 Å². The van der Waals surface area contributed by atoms with E-state index in [-0.39, 0.29) is 11.8 Å². The number of halogens is 6. The summed E-state index contributed by atoms with van der Waals surface area (Å²) in [6.45, 7) is 4.61. The molecule has 0 aliphatic rings. The third-order valence-corrected chi connectivity index (χ3v) is 10.7. The normalized spacial score (nSPS) is 10.7. The Hall–Kier alpha value is -1.50. The number of amides is 2. The van der Waals surface area contributed by atoms with Gasteiger partial charge in [-0.1, -0.05) is 5.92 Å². The number of terminal acetylenes is 1. The third kappa shape index (κ3) is 8.21. The highest BCUT2D eigenvalue weighted by molar-refractivity contribution is 9.11. The van der Waals surface area contributed by atoms with E-state index in [1.54, 1.807) is 14.2 Å². The number of hydrogen-bond donors (Lipinski definition) is 3. The maximum Gasteiger partial charge on any atom is 0.216 e. The first-order valence-corrected chi connectivity index (χ1v) is 17.5. The maximum absolute atomic E-state index is 11.1. The van der Waals surface area contributed by atoms with Crippen molar-refractivity contribution in [2.24, 2.45) is 0 Å². The number of fused-ring (bicyclic) bond motifs is 2. The Labute approximate surface area is 300 Å². The molecule has 0 unspecified atom stereocenters. The van der Waals surface area contributed by atoms with E-state index in [4.69, 9.17) is 15.9 Å². The highest BCUT2D eigenvalue weighted by atomic mass is 79.9. The third-order valence-electron chi connectivity index (χ3n) is 6.38. The molecule has 0 radical (unpaired) electrons. The van der Waals surface area contributed by atoms with Gasteiger partial charge in [0.1, 0.15) is 11.5 Å². The van der Waals surface area contributed by atoms with Crippen molar-refractivity contribution in [3.63, 3.8) is 0 Å². The molecule has 2 aromatic heterocycles. The molecule has 0 spiro atoms. The molecule has 230 valence electrons. The maximum atomic E-state index is 11.1. The fourth-order valence-corrected chi connectivity index (χ4v) is 9.24. The molecule has 2 aromatic carbocycles. The van der Waals surface area contributed by atoms with Gasteiger partial charge in [-0.05, 0) is 132 Å². The van der Waals surface area contributed by atoms with Crippen molar-refractivity contribution in [2.45, 2.75) is 33.2 Å². The highest BCUT2D eigenvalue weighted by Crippen LogP contribution is 2.45. The van der Waals surface area contributed by atoms with Crippen LogP contribution in [-0.4, -0.2) is 48.7 Å². The lowest BCUT2D eigenvalue weighted by Crippen LogP contribution is -2.22. The van der Waals surface area contributed by atoms with Crippen molar-refractivity contribution < 1.29 is 19.1 Å². The summed E-state index contributed by atoms with van der Waals surface area (Å²) in [5.41, 5.74) is 4.16. The van der Waals surface area contributed by atoms with Gasteiger partial charge in [-0.25, -0.2) is 0 Å². The predicted molar refractivity (Wildman–Crippen MR) is 193 cm³/mol. The van der Waals surface area contributed by atoms with E-state index in [1.807, 2.05) is 16.7 Å². The Morgan fingerprint density at radius 3 is 1.88 bits per heavy atom. The lowest BCUT2D eigenvalue weighted by atomic mass is 10.1. The summed E-state index contributed by atoms with van der Waals surface area (Å²) in [6.07, 6.45) is 6.91. The number of benzene rings is 2.